The van der Waals surface area contributed by atoms with E-state index in [4.69, 9.17) is 0 Å². The van der Waals surface area contributed by atoms with Gasteiger partial charge in [0, 0.05) is 12.1 Å². The molecule has 120 valence electrons. The quantitative estimate of drug-likeness (QED) is 0.696. The van der Waals surface area contributed by atoms with Gasteiger partial charge in [0.2, 0.25) is 0 Å². The molecule has 0 bridgehead atoms. The summed E-state index contributed by atoms with van der Waals surface area (Å²) >= 11 is 0. The second-order valence-electron chi connectivity index (χ2n) is 5.96. The van der Waals surface area contributed by atoms with Gasteiger partial charge in [-0.25, -0.2) is 4.39 Å². The third-order valence-corrected chi connectivity index (χ3v) is 4.44. The number of nitrogens with one attached hydrogen (secondary N) is 1. The smallest absolute Gasteiger partial charge is 0.317 e. The van der Waals surface area contributed by atoms with Crippen molar-refractivity contribution in [3.63, 3.8) is 0 Å². The molecule has 1 aliphatic carbocycles. The molecule has 1 unspecified atom stereocenters. The Morgan fingerprint density at radius 2 is 1.87 bits per heavy atom. The van der Waals surface area contributed by atoms with Crippen LogP contribution in [0.15, 0.2) is 48.7 Å². The van der Waals surface area contributed by atoms with Gasteiger partial charge in [-0.3, -0.25) is 4.79 Å². The van der Waals surface area contributed by atoms with E-state index in [1.54, 1.807) is 24.3 Å². The van der Waals surface area contributed by atoms with Crippen LogP contribution in [0.2, 0.25) is 0 Å². The van der Waals surface area contributed by atoms with Gasteiger partial charge in [0.1, 0.15) is 5.82 Å². The molecule has 0 aliphatic heterocycles. The van der Waals surface area contributed by atoms with Gasteiger partial charge in [-0.05, 0) is 42.5 Å². The minimum absolute atomic E-state index is 0.0672. The van der Waals surface area contributed by atoms with Crippen molar-refractivity contribution in [1.29, 1.82) is 0 Å². The topological polar surface area (TPSA) is 56.0 Å². The van der Waals surface area contributed by atoms with E-state index >= 15 is 0 Å². The van der Waals surface area contributed by atoms with Crippen molar-refractivity contribution in [2.45, 2.75) is 31.7 Å². The normalized spacial score (nSPS) is 16.2. The first-order valence-electron chi connectivity index (χ1n) is 7.89. The Morgan fingerprint density at radius 3 is 2.52 bits per heavy atom. The van der Waals surface area contributed by atoms with E-state index in [1.807, 2.05) is 0 Å². The number of benzene rings is 1. The Balaban J connectivity index is 1.85. The van der Waals surface area contributed by atoms with Gasteiger partial charge in [0.15, 0.2) is 6.20 Å². The van der Waals surface area contributed by atoms with Crippen LogP contribution < -0.4 is 10.0 Å². The Morgan fingerprint density at radius 1 is 1.17 bits per heavy atom. The predicted octanol–water partition coefficient (Wildman–Crippen LogP) is 3.12. The molecule has 1 aliphatic rings. The lowest BCUT2D eigenvalue weighted by Crippen LogP contribution is -2.41. The fourth-order valence-corrected chi connectivity index (χ4v) is 3.25. The van der Waals surface area contributed by atoms with Gasteiger partial charge in [-0.2, -0.15) is 4.73 Å². The van der Waals surface area contributed by atoms with Crippen molar-refractivity contribution >= 4 is 5.91 Å². The van der Waals surface area contributed by atoms with Crippen LogP contribution >= 0.6 is 0 Å². The van der Waals surface area contributed by atoms with Crippen LogP contribution in [0.3, 0.4) is 0 Å². The van der Waals surface area contributed by atoms with E-state index in [2.05, 4.69) is 5.32 Å². The van der Waals surface area contributed by atoms with Crippen LogP contribution in [0, 0.1) is 16.9 Å². The predicted molar refractivity (Wildman–Crippen MR) is 84.0 cm³/mol. The number of halogens is 1. The van der Waals surface area contributed by atoms with E-state index in [-0.39, 0.29) is 17.6 Å². The summed E-state index contributed by atoms with van der Waals surface area (Å²) < 4.78 is 13.7. The summed E-state index contributed by atoms with van der Waals surface area (Å²) in [6, 6.07) is 10.7. The first-order chi connectivity index (χ1) is 11.1. The molecule has 2 aromatic rings. The Kier molecular flexibility index (Phi) is 4.55. The maximum atomic E-state index is 13.2. The van der Waals surface area contributed by atoms with Gasteiger partial charge < -0.3 is 10.5 Å². The third-order valence-electron chi connectivity index (χ3n) is 4.44. The van der Waals surface area contributed by atoms with Crippen LogP contribution in [0.5, 0.6) is 0 Å². The molecule has 5 heteroatoms. The van der Waals surface area contributed by atoms with E-state index in [1.165, 1.54) is 24.4 Å². The molecular weight excluding hydrogens is 295 g/mol. The number of carbonyl (C=O) groups excluding carboxylic acids is 1. The SMILES string of the molecule is O=C(NC(c1ccc(F)cc1)C1CCCC1)c1cccc[n+]1[O-]. The molecule has 1 saturated carbocycles. The number of hydrogen-bond acceptors (Lipinski definition) is 2. The van der Waals surface area contributed by atoms with Gasteiger partial charge in [0.05, 0.1) is 6.04 Å². The van der Waals surface area contributed by atoms with E-state index in [0.717, 1.165) is 31.2 Å². The number of rotatable bonds is 4. The molecule has 0 radical (unpaired) electrons. The molecule has 1 atom stereocenters. The highest BCUT2D eigenvalue weighted by Crippen LogP contribution is 2.35. The monoisotopic (exact) mass is 314 g/mol. The van der Waals surface area contributed by atoms with Crippen molar-refractivity contribution in [1.82, 2.24) is 5.32 Å². The molecule has 1 heterocycles. The van der Waals surface area contributed by atoms with Crippen molar-refractivity contribution in [2.75, 3.05) is 0 Å². The van der Waals surface area contributed by atoms with Gasteiger partial charge >= 0.3 is 5.91 Å². The molecule has 23 heavy (non-hydrogen) atoms. The highest BCUT2D eigenvalue weighted by molar-refractivity contribution is 5.91. The highest BCUT2D eigenvalue weighted by atomic mass is 19.1. The minimum atomic E-state index is -0.401. The van der Waals surface area contributed by atoms with Gasteiger partial charge in [-0.15, -0.1) is 0 Å². The molecular formula is C18H19FN2O2. The second kappa shape index (κ2) is 6.77. The molecule has 3 rings (SSSR count). The Bertz CT molecular complexity index is 682. The van der Waals surface area contributed by atoms with Crippen LogP contribution in [0.4, 0.5) is 4.39 Å². The standard InChI is InChI=1S/C18H19FN2O2/c19-15-10-8-14(9-11-15)17(13-5-1-2-6-13)20-18(22)16-7-3-4-12-21(16)23/h3-4,7-13,17H,1-2,5-6H2,(H,20,22). The summed E-state index contributed by atoms with van der Waals surface area (Å²) in [5, 5.41) is 14.7. The van der Waals surface area contributed by atoms with Crippen molar-refractivity contribution in [3.8, 4) is 0 Å². The number of amides is 1. The van der Waals surface area contributed by atoms with Crippen molar-refractivity contribution in [3.05, 3.63) is 70.9 Å². The lowest BCUT2D eigenvalue weighted by Gasteiger charge is -2.25. The minimum Gasteiger partial charge on any atom is -0.618 e. The summed E-state index contributed by atoms with van der Waals surface area (Å²) in [5.74, 6) is -0.388. The van der Waals surface area contributed by atoms with E-state index < -0.39 is 5.91 Å². The zero-order valence-electron chi connectivity index (χ0n) is 12.7. The van der Waals surface area contributed by atoms with Crippen LogP contribution in [0.25, 0.3) is 0 Å². The lowest BCUT2D eigenvalue weighted by molar-refractivity contribution is -0.607. The molecule has 1 aromatic carbocycles. The van der Waals surface area contributed by atoms with Crippen LogP contribution in [0.1, 0.15) is 47.8 Å². The summed E-state index contributed by atoms with van der Waals surface area (Å²) in [5.41, 5.74) is 0.942. The average molecular weight is 314 g/mol. The number of pyridine rings is 1. The zero-order chi connectivity index (χ0) is 16.2. The fourth-order valence-electron chi connectivity index (χ4n) is 3.25. The third kappa shape index (κ3) is 3.50. The van der Waals surface area contributed by atoms with Crippen LogP contribution in [-0.2, 0) is 0 Å². The average Bonchev–Trinajstić information content (AvgIpc) is 3.08. The number of hydrogen-bond donors (Lipinski definition) is 1. The highest BCUT2D eigenvalue weighted by Gasteiger charge is 2.29. The van der Waals surface area contributed by atoms with Crippen LogP contribution in [-0.4, -0.2) is 5.91 Å². The maximum Gasteiger partial charge on any atom is 0.317 e. The molecule has 1 N–H and O–H groups in total. The lowest BCUT2D eigenvalue weighted by atomic mass is 9.91. The second-order valence-corrected chi connectivity index (χ2v) is 5.96. The van der Waals surface area contributed by atoms with E-state index in [0.29, 0.717) is 10.6 Å². The zero-order valence-corrected chi connectivity index (χ0v) is 12.7. The number of nitrogens with zero attached hydrogens (tertiary/aromatic N) is 1. The van der Waals surface area contributed by atoms with E-state index in [9.17, 15) is 14.4 Å². The molecule has 1 amide bonds. The van der Waals surface area contributed by atoms with Crippen molar-refractivity contribution in [2.24, 2.45) is 5.92 Å². The Labute approximate surface area is 134 Å². The Hall–Kier alpha value is -2.43. The number of carbonyl (C=O) groups is 1. The number of aromatic nitrogens is 1. The first-order valence-corrected chi connectivity index (χ1v) is 7.89. The molecule has 1 aromatic heterocycles. The first kappa shape index (κ1) is 15.5. The molecule has 1 fully saturated rings. The summed E-state index contributed by atoms with van der Waals surface area (Å²) in [6.45, 7) is 0. The summed E-state index contributed by atoms with van der Waals surface area (Å²) in [7, 11) is 0. The fraction of sp³-hybridized carbons (Fsp3) is 0.333. The van der Waals surface area contributed by atoms with Gasteiger partial charge in [0.25, 0.3) is 5.69 Å². The largest absolute Gasteiger partial charge is 0.618 e. The van der Waals surface area contributed by atoms with Crippen molar-refractivity contribution < 1.29 is 13.9 Å². The maximum absolute atomic E-state index is 13.2. The molecule has 0 saturated heterocycles. The summed E-state index contributed by atoms with van der Waals surface area (Å²) in [4.78, 5) is 12.5. The summed E-state index contributed by atoms with van der Waals surface area (Å²) in [6.07, 6.45) is 5.61. The van der Waals surface area contributed by atoms with Gasteiger partial charge in [-0.1, -0.05) is 25.0 Å². The molecule has 0 spiro atoms. The molecule has 4 nitrogen and oxygen atoms in total.